The summed E-state index contributed by atoms with van der Waals surface area (Å²) in [5, 5.41) is 29.3. The van der Waals surface area contributed by atoms with Crippen molar-refractivity contribution in [2.24, 2.45) is 0 Å². The van der Waals surface area contributed by atoms with E-state index in [9.17, 15) is 19.5 Å². The molecule has 0 aromatic carbocycles. The van der Waals surface area contributed by atoms with Crippen LogP contribution in [0.15, 0.2) is 12.2 Å². The molecule has 7 heteroatoms. The second kappa shape index (κ2) is 20.7. The van der Waals surface area contributed by atoms with Gasteiger partial charge in [-0.1, -0.05) is 89.7 Å². The molecule has 7 nitrogen and oxygen atoms in total. The number of aliphatic carboxylic acids is 3. The lowest BCUT2D eigenvalue weighted by molar-refractivity contribution is -0.909. The summed E-state index contributed by atoms with van der Waals surface area (Å²) in [6, 6.07) is 0. The fraction of sp³-hybridized carbons (Fsp3) is 0.808. The summed E-state index contributed by atoms with van der Waals surface area (Å²) in [7, 11) is 0. The van der Waals surface area contributed by atoms with Crippen LogP contribution in [0.5, 0.6) is 0 Å². The van der Waals surface area contributed by atoms with Crippen LogP contribution in [-0.4, -0.2) is 58.8 Å². The van der Waals surface area contributed by atoms with Crippen LogP contribution in [0.25, 0.3) is 0 Å². The summed E-state index contributed by atoms with van der Waals surface area (Å²) < 4.78 is -0.497. The predicted octanol–water partition coefficient (Wildman–Crippen LogP) is 4.54. The van der Waals surface area contributed by atoms with Gasteiger partial charge in [0.2, 0.25) is 0 Å². The van der Waals surface area contributed by atoms with Crippen LogP contribution >= 0.6 is 0 Å². The van der Waals surface area contributed by atoms with Crippen molar-refractivity contribution >= 4 is 17.9 Å². The molecular weight excluding hydrogens is 422 g/mol. The normalized spacial score (nSPS) is 11.8. The minimum atomic E-state index is -1.42. The first-order valence-corrected chi connectivity index (χ1v) is 12.9. The maximum absolute atomic E-state index is 11.1. The highest BCUT2D eigenvalue weighted by molar-refractivity contribution is 5.72. The van der Waals surface area contributed by atoms with E-state index in [2.05, 4.69) is 19.1 Å². The van der Waals surface area contributed by atoms with Crippen molar-refractivity contribution < 1.29 is 34.2 Å². The summed E-state index contributed by atoms with van der Waals surface area (Å²) in [6.07, 6.45) is 23.4. The van der Waals surface area contributed by atoms with Crippen LogP contribution in [0.1, 0.15) is 110 Å². The van der Waals surface area contributed by atoms with Gasteiger partial charge in [0.15, 0.2) is 13.1 Å². The zero-order chi connectivity index (χ0) is 24.8. The summed E-state index contributed by atoms with van der Waals surface area (Å²) in [4.78, 5) is 33.3. The average molecular weight is 470 g/mol. The van der Waals surface area contributed by atoms with Gasteiger partial charge in [0.25, 0.3) is 0 Å². The Labute approximate surface area is 200 Å². The van der Waals surface area contributed by atoms with Crippen LogP contribution in [0.2, 0.25) is 0 Å². The molecule has 0 aromatic rings. The lowest BCUT2D eigenvalue weighted by atomic mass is 10.0. The van der Waals surface area contributed by atoms with E-state index in [0.29, 0.717) is 6.42 Å². The maximum Gasteiger partial charge on any atom is 0.359 e. The van der Waals surface area contributed by atoms with Gasteiger partial charge in [0.05, 0.1) is 12.5 Å². The van der Waals surface area contributed by atoms with Gasteiger partial charge in [0, 0.05) is 0 Å². The molecule has 0 aliphatic carbocycles. The number of nitrogens with zero attached hydrogens (tertiary/aromatic N) is 1. The molecule has 33 heavy (non-hydrogen) atoms. The third kappa shape index (κ3) is 20.4. The first kappa shape index (κ1) is 31.1. The van der Waals surface area contributed by atoms with E-state index in [-0.39, 0.29) is 6.54 Å². The fourth-order valence-electron chi connectivity index (χ4n) is 4.31. The molecule has 0 aromatic heterocycles. The number of hydrogen-bond donors (Lipinski definition) is 2. The van der Waals surface area contributed by atoms with Gasteiger partial charge in [-0.15, -0.1) is 0 Å². The Balaban J connectivity index is 3.76. The topological polar surface area (TPSA) is 115 Å². The highest BCUT2D eigenvalue weighted by atomic mass is 16.4. The smallest absolute Gasteiger partial charge is 0.359 e. The standard InChI is InChI=1S/C26H47NO6/c1-2-3-4-5-6-7-8-9-10-11-12-13-14-15-16-17-18-19-20-27(21-24(28)29,22-25(30)31)23-26(32)33/h4-5H,2-3,6-23H2,1H3,(H2-,28,29,30,31,32,33)/b5-4+. The molecule has 0 aliphatic rings. The van der Waals surface area contributed by atoms with Gasteiger partial charge in [-0.3, -0.25) is 0 Å². The number of rotatable bonds is 24. The highest BCUT2D eigenvalue weighted by Crippen LogP contribution is 2.15. The average Bonchev–Trinajstić information content (AvgIpc) is 2.71. The zero-order valence-electron chi connectivity index (χ0n) is 20.8. The van der Waals surface area contributed by atoms with E-state index >= 15 is 0 Å². The molecule has 0 bridgehead atoms. The number of unbranched alkanes of at least 4 members (excludes halogenated alkanes) is 14. The summed E-state index contributed by atoms with van der Waals surface area (Å²) >= 11 is 0. The van der Waals surface area contributed by atoms with Crippen molar-refractivity contribution in [1.82, 2.24) is 0 Å². The quantitative estimate of drug-likeness (QED) is 0.122. The summed E-state index contributed by atoms with van der Waals surface area (Å²) in [6.45, 7) is 0.804. The van der Waals surface area contributed by atoms with Crippen molar-refractivity contribution in [3.63, 3.8) is 0 Å². The van der Waals surface area contributed by atoms with E-state index in [0.717, 1.165) is 19.3 Å². The van der Waals surface area contributed by atoms with E-state index in [4.69, 9.17) is 10.2 Å². The molecule has 0 atom stereocenters. The number of quaternary nitrogens is 1. The first-order chi connectivity index (χ1) is 15.8. The largest absolute Gasteiger partial charge is 0.544 e. The second-order valence-electron chi connectivity index (χ2n) is 9.34. The molecule has 0 saturated carbocycles. The van der Waals surface area contributed by atoms with Crippen molar-refractivity contribution in [3.05, 3.63) is 12.2 Å². The molecule has 0 radical (unpaired) electrons. The predicted molar refractivity (Wildman–Crippen MR) is 129 cm³/mol. The minimum Gasteiger partial charge on any atom is -0.544 e. The van der Waals surface area contributed by atoms with Crippen molar-refractivity contribution in [3.8, 4) is 0 Å². The Hall–Kier alpha value is -1.89. The number of carboxylic acid groups (broad SMARTS) is 3. The summed E-state index contributed by atoms with van der Waals surface area (Å²) in [5.41, 5.74) is 0. The lowest BCUT2D eigenvalue weighted by Gasteiger charge is -2.36. The molecule has 0 unspecified atom stereocenters. The van der Waals surface area contributed by atoms with Crippen LogP contribution in [0.3, 0.4) is 0 Å². The molecule has 0 spiro atoms. The van der Waals surface area contributed by atoms with Crippen LogP contribution in [0.4, 0.5) is 0 Å². The Kier molecular flexibility index (Phi) is 19.5. The van der Waals surface area contributed by atoms with Gasteiger partial charge in [-0.2, -0.15) is 0 Å². The molecule has 192 valence electrons. The van der Waals surface area contributed by atoms with Crippen LogP contribution in [0, 0.1) is 0 Å². The van der Waals surface area contributed by atoms with Crippen molar-refractivity contribution in [2.45, 2.75) is 110 Å². The molecule has 0 heterocycles. The number of hydrogen-bond acceptors (Lipinski definition) is 4. The van der Waals surface area contributed by atoms with Gasteiger partial charge in [-0.05, 0) is 32.1 Å². The lowest BCUT2D eigenvalue weighted by Crippen LogP contribution is -2.59. The molecule has 0 rings (SSSR count). The Bertz CT molecular complexity index is 520. The number of carboxylic acids is 3. The third-order valence-electron chi connectivity index (χ3n) is 6.03. The van der Waals surface area contributed by atoms with Crippen molar-refractivity contribution in [2.75, 3.05) is 26.2 Å². The zero-order valence-corrected chi connectivity index (χ0v) is 20.8. The monoisotopic (exact) mass is 469 g/mol. The second-order valence-corrected chi connectivity index (χ2v) is 9.34. The molecular formula is C26H47NO6. The van der Waals surface area contributed by atoms with Crippen LogP contribution in [-0.2, 0) is 14.4 Å². The molecule has 0 saturated heterocycles. The molecule has 0 amide bonds. The van der Waals surface area contributed by atoms with E-state index in [1.807, 2.05) is 0 Å². The first-order valence-electron chi connectivity index (χ1n) is 12.9. The number of carbonyl (C=O) groups is 3. The van der Waals surface area contributed by atoms with E-state index in [1.54, 1.807) is 0 Å². The third-order valence-corrected chi connectivity index (χ3v) is 6.03. The maximum atomic E-state index is 11.1. The minimum absolute atomic E-state index is 0.224. The van der Waals surface area contributed by atoms with E-state index < -0.39 is 42.0 Å². The highest BCUT2D eigenvalue weighted by Gasteiger charge is 2.33. The van der Waals surface area contributed by atoms with Gasteiger partial charge < -0.3 is 24.6 Å². The Morgan fingerprint density at radius 2 is 1.03 bits per heavy atom. The van der Waals surface area contributed by atoms with Gasteiger partial charge >= 0.3 is 11.9 Å². The van der Waals surface area contributed by atoms with E-state index in [1.165, 1.54) is 77.0 Å². The Morgan fingerprint density at radius 1 is 0.636 bits per heavy atom. The van der Waals surface area contributed by atoms with Gasteiger partial charge in [0.1, 0.15) is 6.54 Å². The molecule has 2 N–H and O–H groups in total. The number of carbonyl (C=O) groups excluding carboxylic acids is 1. The SMILES string of the molecule is CCC/C=C/CCCCCCCCCCCCCCC[N+](CC(=O)[O-])(CC(=O)O)CC(=O)O. The Morgan fingerprint density at radius 3 is 1.42 bits per heavy atom. The number of allylic oxidation sites excluding steroid dienone is 2. The fourth-order valence-corrected chi connectivity index (χ4v) is 4.31. The van der Waals surface area contributed by atoms with Crippen LogP contribution < -0.4 is 5.11 Å². The van der Waals surface area contributed by atoms with Crippen molar-refractivity contribution in [1.29, 1.82) is 0 Å². The van der Waals surface area contributed by atoms with Gasteiger partial charge in [-0.25, -0.2) is 9.59 Å². The molecule has 0 aliphatic heterocycles. The molecule has 0 fully saturated rings. The summed E-state index contributed by atoms with van der Waals surface area (Å²) in [5.74, 6) is -3.81.